The third kappa shape index (κ3) is 5.97. The number of hydrogen-bond acceptors (Lipinski definition) is 5. The monoisotopic (exact) mass is 510 g/mol. The number of aromatic nitrogens is 1. The van der Waals surface area contributed by atoms with Crippen molar-refractivity contribution in [3.8, 4) is 10.4 Å². The third-order valence-electron chi connectivity index (χ3n) is 7.39. The number of hydrogen-bond donors (Lipinski definition) is 2. The minimum atomic E-state index is -0.651. The number of benzene rings is 1. The van der Waals surface area contributed by atoms with Crippen molar-refractivity contribution in [1.29, 1.82) is 0 Å². The molecule has 1 saturated carbocycles. The lowest BCUT2D eigenvalue weighted by molar-refractivity contribution is -0.144. The van der Waals surface area contributed by atoms with Gasteiger partial charge < -0.3 is 15.5 Å². The normalized spacial score (nSPS) is 19.3. The summed E-state index contributed by atoms with van der Waals surface area (Å²) in [4.78, 5) is 46.8. The van der Waals surface area contributed by atoms with E-state index in [2.05, 4.69) is 15.6 Å². The highest BCUT2D eigenvalue weighted by Gasteiger charge is 2.42. The molecule has 2 unspecified atom stereocenters. The Kier molecular flexibility index (Phi) is 8.13. The quantitative estimate of drug-likeness (QED) is 0.576. The van der Waals surface area contributed by atoms with Crippen molar-refractivity contribution < 1.29 is 14.4 Å². The van der Waals surface area contributed by atoms with E-state index in [1.165, 1.54) is 0 Å². The van der Waals surface area contributed by atoms with Crippen LogP contribution in [0.1, 0.15) is 70.6 Å². The lowest BCUT2D eigenvalue weighted by atomic mass is 9.85. The van der Waals surface area contributed by atoms with Gasteiger partial charge in [0, 0.05) is 19.0 Å². The predicted octanol–water partition coefficient (Wildman–Crippen LogP) is 4.45. The minimum Gasteiger partial charge on any atom is -0.350 e. The van der Waals surface area contributed by atoms with Crippen LogP contribution in [0, 0.1) is 18.3 Å². The van der Waals surface area contributed by atoms with Gasteiger partial charge in [-0.3, -0.25) is 14.4 Å². The van der Waals surface area contributed by atoms with E-state index < -0.39 is 17.5 Å². The second-order valence-electron chi connectivity index (χ2n) is 11.2. The molecule has 1 aromatic heterocycles. The molecule has 7 nitrogen and oxygen atoms in total. The molecule has 2 heterocycles. The molecular formula is C28H38N4O3S. The summed E-state index contributed by atoms with van der Waals surface area (Å²) in [5.74, 6) is -0.335. The van der Waals surface area contributed by atoms with Crippen LogP contribution in [0.4, 0.5) is 0 Å². The van der Waals surface area contributed by atoms with Gasteiger partial charge >= 0.3 is 0 Å². The fourth-order valence-electron chi connectivity index (χ4n) is 5.23. The van der Waals surface area contributed by atoms with Crippen LogP contribution >= 0.6 is 11.3 Å². The molecule has 0 bridgehead atoms. The minimum absolute atomic E-state index is 0.00768. The number of rotatable bonds is 7. The summed E-state index contributed by atoms with van der Waals surface area (Å²) >= 11 is 1.62. The van der Waals surface area contributed by atoms with Gasteiger partial charge in [0.05, 0.1) is 16.1 Å². The zero-order chi connectivity index (χ0) is 25.9. The predicted molar refractivity (Wildman–Crippen MR) is 142 cm³/mol. The van der Waals surface area contributed by atoms with Gasteiger partial charge in [0.2, 0.25) is 17.7 Å². The molecule has 2 fully saturated rings. The highest BCUT2D eigenvalue weighted by atomic mass is 32.1. The molecule has 2 aliphatic rings. The lowest BCUT2D eigenvalue weighted by Gasteiger charge is -2.36. The van der Waals surface area contributed by atoms with Crippen molar-refractivity contribution in [1.82, 2.24) is 20.5 Å². The zero-order valence-electron chi connectivity index (χ0n) is 21.8. The van der Waals surface area contributed by atoms with Gasteiger partial charge in [0.25, 0.3) is 0 Å². The Morgan fingerprint density at radius 2 is 1.75 bits per heavy atom. The molecule has 1 saturated heterocycles. The van der Waals surface area contributed by atoms with Crippen LogP contribution in [0.25, 0.3) is 10.4 Å². The topological polar surface area (TPSA) is 91.4 Å². The molecule has 8 heteroatoms. The van der Waals surface area contributed by atoms with Crippen LogP contribution in [0.3, 0.4) is 0 Å². The molecule has 2 aromatic rings. The van der Waals surface area contributed by atoms with Gasteiger partial charge in [-0.1, -0.05) is 57.9 Å². The molecule has 1 aliphatic heterocycles. The summed E-state index contributed by atoms with van der Waals surface area (Å²) in [5, 5.41) is 6.07. The number of likely N-dealkylation sites (tertiary alicyclic amines) is 1. The first-order valence-electron chi connectivity index (χ1n) is 13.0. The summed E-state index contributed by atoms with van der Waals surface area (Å²) in [5.41, 5.74) is 4.53. The fourth-order valence-corrected chi connectivity index (χ4v) is 6.04. The van der Waals surface area contributed by atoms with Crippen molar-refractivity contribution in [3.63, 3.8) is 0 Å². The number of nitrogens with zero attached hydrogens (tertiary/aromatic N) is 2. The summed E-state index contributed by atoms with van der Waals surface area (Å²) < 4.78 is 0. The molecule has 1 aromatic carbocycles. The second-order valence-corrected chi connectivity index (χ2v) is 12.0. The Hall–Kier alpha value is -2.74. The van der Waals surface area contributed by atoms with Crippen LogP contribution in [-0.2, 0) is 20.9 Å². The molecule has 0 spiro atoms. The fraction of sp³-hybridized carbons (Fsp3) is 0.571. The zero-order valence-corrected chi connectivity index (χ0v) is 22.6. The van der Waals surface area contributed by atoms with Gasteiger partial charge in [0.15, 0.2) is 0 Å². The van der Waals surface area contributed by atoms with E-state index in [-0.39, 0.29) is 23.6 Å². The average Bonchev–Trinajstić information content (AvgIpc) is 3.62. The van der Waals surface area contributed by atoms with Crippen molar-refractivity contribution in [2.24, 2.45) is 11.3 Å². The number of nitrogens with one attached hydrogen (secondary N) is 2. The van der Waals surface area contributed by atoms with E-state index in [1.54, 1.807) is 16.2 Å². The number of thiazole rings is 1. The molecule has 0 radical (unpaired) electrons. The van der Waals surface area contributed by atoms with Gasteiger partial charge in [-0.05, 0) is 49.1 Å². The Labute approximate surface area is 218 Å². The first-order chi connectivity index (χ1) is 17.1. The van der Waals surface area contributed by atoms with Crippen molar-refractivity contribution in [2.75, 3.05) is 6.54 Å². The maximum absolute atomic E-state index is 13.6. The average molecular weight is 511 g/mol. The molecule has 36 heavy (non-hydrogen) atoms. The van der Waals surface area contributed by atoms with E-state index in [9.17, 15) is 14.4 Å². The van der Waals surface area contributed by atoms with Gasteiger partial charge in [-0.25, -0.2) is 4.98 Å². The largest absolute Gasteiger partial charge is 0.350 e. The lowest BCUT2D eigenvalue weighted by Crippen LogP contribution is -2.58. The summed E-state index contributed by atoms with van der Waals surface area (Å²) in [6.45, 7) is 8.83. The molecule has 4 rings (SSSR count). The van der Waals surface area contributed by atoms with Gasteiger partial charge in [-0.2, -0.15) is 0 Å². The van der Waals surface area contributed by atoms with Gasteiger partial charge in [0.1, 0.15) is 12.1 Å². The van der Waals surface area contributed by atoms with Crippen LogP contribution in [0.15, 0.2) is 29.8 Å². The molecule has 2 N–H and O–H groups in total. The molecule has 3 amide bonds. The van der Waals surface area contributed by atoms with Crippen molar-refractivity contribution in [2.45, 2.75) is 84.8 Å². The maximum atomic E-state index is 13.6. The number of amides is 3. The van der Waals surface area contributed by atoms with E-state index in [0.29, 0.717) is 19.5 Å². The Morgan fingerprint density at radius 3 is 2.36 bits per heavy atom. The van der Waals surface area contributed by atoms with E-state index >= 15 is 0 Å². The van der Waals surface area contributed by atoms with Crippen LogP contribution in [0.5, 0.6) is 0 Å². The smallest absolute Gasteiger partial charge is 0.246 e. The number of carbonyl (C=O) groups is 3. The Balaban J connectivity index is 1.38. The Bertz CT molecular complexity index is 1080. The first-order valence-corrected chi connectivity index (χ1v) is 13.9. The van der Waals surface area contributed by atoms with Crippen LogP contribution in [-0.4, -0.2) is 46.2 Å². The molecular weight excluding hydrogens is 472 g/mol. The summed E-state index contributed by atoms with van der Waals surface area (Å²) in [6, 6.07) is 6.97. The second kappa shape index (κ2) is 11.1. The van der Waals surface area contributed by atoms with Crippen molar-refractivity contribution in [3.05, 3.63) is 41.0 Å². The highest BCUT2D eigenvalue weighted by molar-refractivity contribution is 7.13. The van der Waals surface area contributed by atoms with Crippen LogP contribution in [0.2, 0.25) is 0 Å². The highest BCUT2D eigenvalue weighted by Crippen LogP contribution is 2.29. The van der Waals surface area contributed by atoms with E-state index in [1.807, 2.05) is 57.5 Å². The molecule has 1 aliphatic carbocycles. The summed E-state index contributed by atoms with van der Waals surface area (Å²) in [6.07, 6.45) is 5.31. The van der Waals surface area contributed by atoms with Gasteiger partial charge in [-0.15, -0.1) is 11.3 Å². The Morgan fingerprint density at radius 1 is 1.06 bits per heavy atom. The molecule has 194 valence electrons. The van der Waals surface area contributed by atoms with Crippen molar-refractivity contribution >= 4 is 29.1 Å². The van der Waals surface area contributed by atoms with Crippen LogP contribution < -0.4 is 10.6 Å². The molecule has 2 atom stereocenters. The first kappa shape index (κ1) is 26.3. The maximum Gasteiger partial charge on any atom is 0.246 e. The number of carbonyl (C=O) groups excluding carboxylic acids is 3. The SMILES string of the molecule is Cc1ncsc1-c1ccc(CNC(=O)C2CCCN2C(=O)C(NC(=O)C2CCCC2)C(C)(C)C)cc1. The standard InChI is InChI=1S/C28H38N4O3S/c1-18-23(36-17-30-18)20-13-11-19(12-14-20)16-29-26(34)22-10-7-15-32(22)27(35)24(28(2,3)4)31-25(33)21-8-5-6-9-21/h11-14,17,21-22,24H,5-10,15-16H2,1-4H3,(H,29,34)(H,31,33). The summed E-state index contributed by atoms with van der Waals surface area (Å²) in [7, 11) is 0. The third-order valence-corrected chi connectivity index (χ3v) is 8.37. The van der Waals surface area contributed by atoms with E-state index in [0.717, 1.165) is 53.8 Å². The van der Waals surface area contributed by atoms with E-state index in [4.69, 9.17) is 0 Å². The number of aryl methyl sites for hydroxylation is 1.